The molecule has 0 fully saturated rings. The number of methoxy groups -OCH3 is 1. The van der Waals surface area contributed by atoms with E-state index in [0.717, 1.165) is 0 Å². The van der Waals surface area contributed by atoms with E-state index in [-0.39, 0.29) is 17.2 Å². The number of hydrogen-bond donors (Lipinski definition) is 2. The van der Waals surface area contributed by atoms with Gasteiger partial charge in [0.2, 0.25) is 15.9 Å². The molecule has 0 unspecified atom stereocenters. The average Bonchev–Trinajstić information content (AvgIpc) is 3.21. The lowest BCUT2D eigenvalue weighted by Crippen LogP contribution is -2.20. The van der Waals surface area contributed by atoms with E-state index < -0.39 is 21.7 Å². The highest BCUT2D eigenvalue weighted by atomic mass is 32.2. The lowest BCUT2D eigenvalue weighted by Gasteiger charge is -2.10. The van der Waals surface area contributed by atoms with Crippen LogP contribution in [-0.4, -0.2) is 38.0 Å². The zero-order chi connectivity index (χ0) is 23.3. The monoisotopic (exact) mass is 458 g/mol. The van der Waals surface area contributed by atoms with Crippen molar-refractivity contribution in [3.63, 3.8) is 0 Å². The molecule has 0 spiro atoms. The largest absolute Gasteiger partial charge is 0.495 e. The van der Waals surface area contributed by atoms with Crippen LogP contribution in [0.1, 0.15) is 17.0 Å². The van der Waals surface area contributed by atoms with Crippen molar-refractivity contribution in [1.82, 2.24) is 19.6 Å². The number of rotatable bonds is 8. The molecule has 0 aliphatic rings. The van der Waals surface area contributed by atoms with Gasteiger partial charge in [-0.05, 0) is 55.4 Å². The highest BCUT2D eigenvalue weighted by Gasteiger charge is 2.17. The van der Waals surface area contributed by atoms with Gasteiger partial charge in [-0.25, -0.2) is 22.5 Å². The molecule has 0 aliphatic carbocycles. The van der Waals surface area contributed by atoms with Crippen LogP contribution >= 0.6 is 0 Å². The Labute approximate surface area is 185 Å². The lowest BCUT2D eigenvalue weighted by atomic mass is 10.2. The molecule has 0 aliphatic heterocycles. The molecular weight excluding hydrogens is 435 g/mol. The molecule has 1 heterocycles. The number of carbonyl (C=O) groups is 1. The molecule has 0 radical (unpaired) electrons. The van der Waals surface area contributed by atoms with Gasteiger partial charge in [-0.2, -0.15) is 0 Å². The Balaban J connectivity index is 1.67. The minimum Gasteiger partial charge on any atom is -0.495 e. The molecule has 0 saturated carbocycles. The summed E-state index contributed by atoms with van der Waals surface area (Å²) in [7, 11) is -1.05. The summed E-state index contributed by atoms with van der Waals surface area (Å²) in [6.45, 7) is 1.91. The molecule has 3 rings (SSSR count). The predicted octanol–water partition coefficient (Wildman–Crippen LogP) is 2.57. The number of carbonyl (C=O) groups excluding carboxylic acids is 1. The summed E-state index contributed by atoms with van der Waals surface area (Å²) in [6, 6.07) is 9.25. The molecular formula is C22H23FN4O4S. The molecule has 8 nitrogen and oxygen atoms in total. The van der Waals surface area contributed by atoms with E-state index in [1.807, 2.05) is 0 Å². The highest BCUT2D eigenvalue weighted by Crippen LogP contribution is 2.25. The van der Waals surface area contributed by atoms with Crippen LogP contribution in [0.2, 0.25) is 0 Å². The fourth-order valence-corrected chi connectivity index (χ4v) is 3.95. The van der Waals surface area contributed by atoms with Gasteiger partial charge in [0.25, 0.3) is 0 Å². The summed E-state index contributed by atoms with van der Waals surface area (Å²) < 4.78 is 47.7. The minimum absolute atomic E-state index is 0.0336. The van der Waals surface area contributed by atoms with Crippen LogP contribution in [0.4, 0.5) is 4.39 Å². The quantitative estimate of drug-likeness (QED) is 0.505. The fourth-order valence-electron chi connectivity index (χ4n) is 3.03. The maximum atomic E-state index is 14.5. The van der Waals surface area contributed by atoms with Crippen LogP contribution in [-0.2, 0) is 21.4 Å². The molecule has 0 bridgehead atoms. The Bertz CT molecular complexity index is 1270. The van der Waals surface area contributed by atoms with E-state index in [9.17, 15) is 17.6 Å². The van der Waals surface area contributed by atoms with Crippen molar-refractivity contribution in [3.8, 4) is 11.4 Å². The predicted molar refractivity (Wildman–Crippen MR) is 118 cm³/mol. The fraction of sp³-hybridized carbons (Fsp3) is 0.182. The van der Waals surface area contributed by atoms with Gasteiger partial charge in [0.1, 0.15) is 22.3 Å². The number of nitrogens with zero attached hydrogens (tertiary/aromatic N) is 2. The standard InChI is InChI=1S/C22H23FN4O4S/c1-15-25-10-11-27(15)19-7-4-17(12-18(19)23)14-26-22(28)9-6-16-5-8-20(31-3)21(13-16)32(29,30)24-2/h4-13,24H,14H2,1-3H3,(H,26,28)/b9-6+. The molecule has 1 amide bonds. The van der Waals surface area contributed by atoms with Gasteiger partial charge in [0.15, 0.2) is 0 Å². The van der Waals surface area contributed by atoms with Crippen molar-refractivity contribution in [1.29, 1.82) is 0 Å². The second kappa shape index (κ2) is 9.75. The number of sulfonamides is 1. The Morgan fingerprint density at radius 3 is 2.66 bits per heavy atom. The Morgan fingerprint density at radius 1 is 1.25 bits per heavy atom. The van der Waals surface area contributed by atoms with Gasteiger partial charge in [-0.15, -0.1) is 0 Å². The second-order valence-electron chi connectivity index (χ2n) is 6.80. The molecule has 168 valence electrons. The van der Waals surface area contributed by atoms with E-state index >= 15 is 0 Å². The van der Waals surface area contributed by atoms with Crippen molar-refractivity contribution in [3.05, 3.63) is 77.6 Å². The van der Waals surface area contributed by atoms with E-state index in [1.165, 1.54) is 44.5 Å². The maximum Gasteiger partial charge on any atom is 0.244 e. The first kappa shape index (κ1) is 23.2. The molecule has 10 heteroatoms. The summed E-state index contributed by atoms with van der Waals surface area (Å²) in [5.41, 5.74) is 1.47. The van der Waals surface area contributed by atoms with E-state index in [1.54, 1.807) is 42.1 Å². The smallest absolute Gasteiger partial charge is 0.244 e. The van der Waals surface area contributed by atoms with E-state index in [0.29, 0.717) is 22.6 Å². The van der Waals surface area contributed by atoms with E-state index in [4.69, 9.17) is 4.74 Å². The minimum atomic E-state index is -3.73. The Morgan fingerprint density at radius 2 is 2.03 bits per heavy atom. The molecule has 0 saturated heterocycles. The molecule has 1 aromatic heterocycles. The Kier molecular flexibility index (Phi) is 7.06. The van der Waals surface area contributed by atoms with Crippen LogP contribution in [0.15, 0.2) is 59.8 Å². The summed E-state index contributed by atoms with van der Waals surface area (Å²) in [6.07, 6.45) is 6.02. The van der Waals surface area contributed by atoms with Crippen LogP contribution in [0.5, 0.6) is 5.75 Å². The van der Waals surface area contributed by atoms with Gasteiger partial charge in [-0.3, -0.25) is 4.79 Å². The third kappa shape index (κ3) is 5.21. The first-order valence-corrected chi connectivity index (χ1v) is 11.1. The lowest BCUT2D eigenvalue weighted by molar-refractivity contribution is -0.116. The SMILES string of the molecule is CNS(=O)(=O)c1cc(/C=C/C(=O)NCc2ccc(-n3ccnc3C)c(F)c2)ccc1OC. The molecule has 3 aromatic rings. The van der Waals surface area contributed by atoms with Crippen LogP contribution < -0.4 is 14.8 Å². The van der Waals surface area contributed by atoms with Crippen LogP contribution in [0.3, 0.4) is 0 Å². The van der Waals surface area contributed by atoms with E-state index in [2.05, 4.69) is 15.0 Å². The van der Waals surface area contributed by atoms with Crippen molar-refractivity contribution in [2.45, 2.75) is 18.4 Å². The molecule has 32 heavy (non-hydrogen) atoms. The number of amides is 1. The zero-order valence-corrected chi connectivity index (χ0v) is 18.6. The average molecular weight is 459 g/mol. The molecule has 0 atom stereocenters. The third-order valence-electron chi connectivity index (χ3n) is 4.74. The van der Waals surface area contributed by atoms with Gasteiger partial charge in [0, 0.05) is 25.0 Å². The van der Waals surface area contributed by atoms with Crippen molar-refractivity contribution in [2.24, 2.45) is 0 Å². The van der Waals surface area contributed by atoms with Crippen molar-refractivity contribution in [2.75, 3.05) is 14.2 Å². The zero-order valence-electron chi connectivity index (χ0n) is 17.8. The van der Waals surface area contributed by atoms with Gasteiger partial charge >= 0.3 is 0 Å². The molecule has 2 aromatic carbocycles. The topological polar surface area (TPSA) is 102 Å². The maximum absolute atomic E-state index is 14.5. The van der Waals surface area contributed by atoms with Crippen molar-refractivity contribution < 1.29 is 22.3 Å². The van der Waals surface area contributed by atoms with Gasteiger partial charge in [0.05, 0.1) is 12.8 Å². The number of halogens is 1. The summed E-state index contributed by atoms with van der Waals surface area (Å²) >= 11 is 0. The first-order valence-electron chi connectivity index (χ1n) is 9.61. The normalized spacial score (nSPS) is 11.6. The molecule has 2 N–H and O–H groups in total. The van der Waals surface area contributed by atoms with Gasteiger partial charge in [-0.1, -0.05) is 12.1 Å². The number of aromatic nitrogens is 2. The highest BCUT2D eigenvalue weighted by molar-refractivity contribution is 7.89. The number of benzene rings is 2. The number of nitrogens with one attached hydrogen (secondary N) is 2. The second-order valence-corrected chi connectivity index (χ2v) is 8.65. The van der Waals surface area contributed by atoms with Crippen molar-refractivity contribution >= 4 is 22.0 Å². The number of ether oxygens (including phenoxy) is 1. The number of hydrogen-bond acceptors (Lipinski definition) is 5. The van der Waals surface area contributed by atoms with Gasteiger partial charge < -0.3 is 14.6 Å². The van der Waals surface area contributed by atoms with Crippen LogP contribution in [0, 0.1) is 12.7 Å². The number of imidazole rings is 1. The van der Waals surface area contributed by atoms with Crippen LogP contribution in [0.25, 0.3) is 11.8 Å². The summed E-state index contributed by atoms with van der Waals surface area (Å²) in [5.74, 6) is 0.0234. The first-order chi connectivity index (χ1) is 15.2. The summed E-state index contributed by atoms with van der Waals surface area (Å²) in [4.78, 5) is 16.2. The number of aryl methyl sites for hydroxylation is 1. The Hall–Kier alpha value is -3.50. The third-order valence-corrected chi connectivity index (χ3v) is 6.17. The summed E-state index contributed by atoms with van der Waals surface area (Å²) in [5, 5.41) is 2.67.